The Kier molecular flexibility index (Phi) is 5.90. The number of hydrogen-bond acceptors (Lipinski definition) is 5. The third-order valence-corrected chi connectivity index (χ3v) is 6.16. The number of nitrogens with zero attached hydrogens (tertiary/aromatic N) is 2. The summed E-state index contributed by atoms with van der Waals surface area (Å²) in [6, 6.07) is 7.86. The maximum atomic E-state index is 14.3. The van der Waals surface area contributed by atoms with Crippen LogP contribution in [-0.4, -0.2) is 21.8 Å². The molecule has 0 saturated heterocycles. The van der Waals surface area contributed by atoms with Gasteiger partial charge in [-0.3, -0.25) is 9.59 Å². The molecule has 0 bridgehead atoms. The number of benzene rings is 1. The molecule has 3 aromatic rings. The monoisotopic (exact) mass is 436 g/mol. The van der Waals surface area contributed by atoms with E-state index in [1.807, 2.05) is 6.20 Å². The predicted molar refractivity (Wildman–Crippen MR) is 120 cm³/mol. The molecule has 31 heavy (non-hydrogen) atoms. The van der Waals surface area contributed by atoms with Crippen LogP contribution in [0.4, 0.5) is 15.3 Å². The molecule has 2 N–H and O–H groups in total. The number of thiazole rings is 1. The summed E-state index contributed by atoms with van der Waals surface area (Å²) >= 11 is 1.49. The molecule has 8 heteroatoms. The number of rotatable bonds is 7. The average Bonchev–Trinajstić information content (AvgIpc) is 3.52. The van der Waals surface area contributed by atoms with Crippen LogP contribution in [0.1, 0.15) is 42.0 Å². The number of carbonyl (C=O) groups excluding carboxylic acids is 2. The van der Waals surface area contributed by atoms with Gasteiger partial charge in [0.05, 0.1) is 5.92 Å². The average molecular weight is 437 g/mol. The highest BCUT2D eigenvalue weighted by molar-refractivity contribution is 7.15. The minimum absolute atomic E-state index is 0.242. The van der Waals surface area contributed by atoms with Gasteiger partial charge in [-0.2, -0.15) is 0 Å². The Hall–Kier alpha value is -3.39. The summed E-state index contributed by atoms with van der Waals surface area (Å²) < 4.78 is 14.3. The summed E-state index contributed by atoms with van der Waals surface area (Å²) in [5, 5.41) is 5.97. The molecule has 1 fully saturated rings. The lowest BCUT2D eigenvalue weighted by molar-refractivity contribution is -0.117. The molecule has 6 nitrogen and oxygen atoms in total. The van der Waals surface area contributed by atoms with Gasteiger partial charge in [0.2, 0.25) is 11.8 Å². The summed E-state index contributed by atoms with van der Waals surface area (Å²) in [5.41, 5.74) is 1.81. The number of carbonyl (C=O) groups is 2. The molecule has 2 heterocycles. The van der Waals surface area contributed by atoms with E-state index in [1.54, 1.807) is 25.1 Å². The number of pyridine rings is 1. The van der Waals surface area contributed by atoms with Crippen molar-refractivity contribution in [2.24, 2.45) is 0 Å². The van der Waals surface area contributed by atoms with E-state index >= 15 is 0 Å². The first kappa shape index (κ1) is 20.9. The van der Waals surface area contributed by atoms with Crippen LogP contribution in [-0.2, 0) is 9.59 Å². The van der Waals surface area contributed by atoms with Gasteiger partial charge in [0, 0.05) is 22.8 Å². The van der Waals surface area contributed by atoms with Gasteiger partial charge in [0.1, 0.15) is 11.6 Å². The summed E-state index contributed by atoms with van der Waals surface area (Å²) in [4.78, 5) is 33.7. The quantitative estimate of drug-likeness (QED) is 0.506. The van der Waals surface area contributed by atoms with E-state index in [9.17, 15) is 14.0 Å². The van der Waals surface area contributed by atoms with E-state index in [4.69, 9.17) is 0 Å². The van der Waals surface area contributed by atoms with Crippen LogP contribution in [0.5, 0.6) is 0 Å². The molecule has 1 atom stereocenters. The van der Waals surface area contributed by atoms with Crippen molar-refractivity contribution in [1.29, 1.82) is 0 Å². The van der Waals surface area contributed by atoms with E-state index in [0.717, 1.165) is 6.08 Å². The second kappa shape index (κ2) is 8.77. The van der Waals surface area contributed by atoms with Crippen LogP contribution in [0.25, 0.3) is 11.1 Å². The molecule has 1 aliphatic rings. The molecule has 1 aliphatic carbocycles. The third kappa shape index (κ3) is 5.03. The van der Waals surface area contributed by atoms with Crippen LogP contribution >= 0.6 is 11.3 Å². The second-order valence-electron chi connectivity index (χ2n) is 7.45. The number of amides is 2. The standard InChI is InChI=1S/C23H21FN4O2S/c1-3-21(29)27-20-7-6-15(11-25-20)17-8-16(9-18(24)10-17)13(2)22(30)28-23-26-12-19(31-23)14-4-5-14/h3,6-14H,1,4-5H2,2H3,(H,25,27,29)(H,26,28,30). The normalized spacial score (nSPS) is 14.0. The van der Waals surface area contributed by atoms with E-state index < -0.39 is 11.7 Å². The summed E-state index contributed by atoms with van der Waals surface area (Å²) in [6.45, 7) is 5.12. The highest BCUT2D eigenvalue weighted by Gasteiger charge is 2.26. The van der Waals surface area contributed by atoms with Crippen LogP contribution in [0.2, 0.25) is 0 Å². The second-order valence-corrected chi connectivity index (χ2v) is 8.51. The van der Waals surface area contributed by atoms with Gasteiger partial charge in [-0.1, -0.05) is 12.6 Å². The van der Waals surface area contributed by atoms with Crippen molar-refractivity contribution in [3.8, 4) is 11.1 Å². The van der Waals surface area contributed by atoms with Crippen LogP contribution in [0, 0.1) is 5.82 Å². The van der Waals surface area contributed by atoms with Crippen LogP contribution < -0.4 is 10.6 Å². The van der Waals surface area contributed by atoms with Crippen molar-refractivity contribution < 1.29 is 14.0 Å². The first-order valence-electron chi connectivity index (χ1n) is 9.90. The lowest BCUT2D eigenvalue weighted by atomic mass is 9.96. The largest absolute Gasteiger partial charge is 0.307 e. The zero-order valence-corrected chi connectivity index (χ0v) is 17.7. The van der Waals surface area contributed by atoms with Crippen LogP contribution in [0.3, 0.4) is 0 Å². The summed E-state index contributed by atoms with van der Waals surface area (Å²) in [6.07, 6.45) is 6.86. The number of nitrogens with one attached hydrogen (secondary N) is 2. The Balaban J connectivity index is 1.50. The third-order valence-electron chi connectivity index (χ3n) is 5.08. The molecule has 1 aromatic carbocycles. The van der Waals surface area contributed by atoms with E-state index in [1.165, 1.54) is 47.4 Å². The van der Waals surface area contributed by atoms with Crippen molar-refractivity contribution in [3.05, 3.63) is 71.6 Å². The molecular formula is C23H21FN4O2S. The van der Waals surface area contributed by atoms with E-state index in [2.05, 4.69) is 27.2 Å². The molecule has 0 aliphatic heterocycles. The SMILES string of the molecule is C=CC(=O)Nc1ccc(-c2cc(F)cc(C(C)C(=O)Nc3ncc(C4CC4)s3)c2)cn1. The Morgan fingerprint density at radius 2 is 1.97 bits per heavy atom. The highest BCUT2D eigenvalue weighted by atomic mass is 32.1. The molecule has 4 rings (SSSR count). The Labute approximate surface area is 183 Å². The van der Waals surface area contributed by atoms with Gasteiger partial charge in [0.15, 0.2) is 5.13 Å². The zero-order valence-electron chi connectivity index (χ0n) is 16.9. The minimum Gasteiger partial charge on any atom is -0.307 e. The van der Waals surface area contributed by atoms with Crippen molar-refractivity contribution in [1.82, 2.24) is 9.97 Å². The van der Waals surface area contributed by atoms with Gasteiger partial charge in [0.25, 0.3) is 0 Å². The van der Waals surface area contributed by atoms with E-state index in [0.29, 0.717) is 33.6 Å². The maximum Gasteiger partial charge on any atom is 0.248 e. The Bertz CT molecular complexity index is 1140. The van der Waals surface area contributed by atoms with Gasteiger partial charge < -0.3 is 10.6 Å². The van der Waals surface area contributed by atoms with Gasteiger partial charge in [-0.05, 0) is 67.2 Å². The molecule has 2 amide bonds. The first-order valence-corrected chi connectivity index (χ1v) is 10.7. The molecule has 0 radical (unpaired) electrons. The molecule has 158 valence electrons. The Morgan fingerprint density at radius 3 is 2.65 bits per heavy atom. The van der Waals surface area contributed by atoms with Crippen LogP contribution in [0.15, 0.2) is 55.4 Å². The zero-order chi connectivity index (χ0) is 22.0. The van der Waals surface area contributed by atoms with Crippen molar-refractivity contribution >= 4 is 34.1 Å². The molecule has 2 aromatic heterocycles. The predicted octanol–water partition coefficient (Wildman–Crippen LogP) is 5.09. The lowest BCUT2D eigenvalue weighted by Gasteiger charge is -2.13. The molecular weight excluding hydrogens is 415 g/mol. The topological polar surface area (TPSA) is 84.0 Å². The van der Waals surface area contributed by atoms with Crippen molar-refractivity contribution in [2.75, 3.05) is 10.6 Å². The van der Waals surface area contributed by atoms with Crippen molar-refractivity contribution in [3.63, 3.8) is 0 Å². The van der Waals surface area contributed by atoms with E-state index in [-0.39, 0.29) is 11.8 Å². The fraction of sp³-hybridized carbons (Fsp3) is 0.217. The number of halogens is 1. The van der Waals surface area contributed by atoms with Gasteiger partial charge >= 0.3 is 0 Å². The number of hydrogen-bond donors (Lipinski definition) is 2. The highest BCUT2D eigenvalue weighted by Crippen LogP contribution is 2.43. The van der Waals surface area contributed by atoms with Gasteiger partial charge in [-0.15, -0.1) is 11.3 Å². The maximum absolute atomic E-state index is 14.3. The number of aromatic nitrogens is 2. The Morgan fingerprint density at radius 1 is 1.16 bits per heavy atom. The molecule has 1 saturated carbocycles. The van der Waals surface area contributed by atoms with Crippen molar-refractivity contribution in [2.45, 2.75) is 31.6 Å². The minimum atomic E-state index is -0.568. The fourth-order valence-corrected chi connectivity index (χ4v) is 4.10. The molecule has 1 unspecified atom stereocenters. The lowest BCUT2D eigenvalue weighted by Crippen LogP contribution is -2.18. The number of anilines is 2. The summed E-state index contributed by atoms with van der Waals surface area (Å²) in [7, 11) is 0. The molecule has 0 spiro atoms. The fourth-order valence-electron chi connectivity index (χ4n) is 3.11. The summed E-state index contributed by atoms with van der Waals surface area (Å²) in [5.74, 6) is -0.668. The van der Waals surface area contributed by atoms with Gasteiger partial charge in [-0.25, -0.2) is 14.4 Å². The smallest absolute Gasteiger partial charge is 0.248 e. The first-order chi connectivity index (χ1) is 14.9.